The molecule has 0 radical (unpaired) electrons. The molecule has 0 fully saturated rings. The highest BCUT2D eigenvalue weighted by Gasteiger charge is 2.22. The van der Waals surface area contributed by atoms with Crippen LogP contribution in [0.15, 0.2) is 18.3 Å². The fraction of sp³-hybridized carbons (Fsp3) is 0.417. The largest absolute Gasteiger partial charge is 0.291 e. The van der Waals surface area contributed by atoms with Gasteiger partial charge in [0.05, 0.1) is 0 Å². The van der Waals surface area contributed by atoms with Crippen molar-refractivity contribution in [2.75, 3.05) is 0 Å². The molecule has 2 rings (SSSR count). The predicted octanol–water partition coefficient (Wildman–Crippen LogP) is 2.50. The zero-order valence-electron chi connectivity index (χ0n) is 8.76. The van der Waals surface area contributed by atoms with Crippen molar-refractivity contribution in [1.29, 1.82) is 0 Å². The molecular weight excluding hydrogens is 174 g/mol. The Morgan fingerprint density at radius 1 is 1.57 bits per heavy atom. The Labute approximate surface area is 84.2 Å². The van der Waals surface area contributed by atoms with Crippen molar-refractivity contribution >= 4 is 5.91 Å². The summed E-state index contributed by atoms with van der Waals surface area (Å²) in [4.78, 5) is 11.5. The Hall–Kier alpha value is -1.31. The molecule has 2 heteroatoms. The molecular formula is C12H15NO. The summed E-state index contributed by atoms with van der Waals surface area (Å²) in [6, 6.07) is 0. The van der Waals surface area contributed by atoms with Crippen molar-refractivity contribution in [3.05, 3.63) is 35.2 Å². The van der Waals surface area contributed by atoms with E-state index in [1.807, 2.05) is 17.7 Å². The van der Waals surface area contributed by atoms with Crippen molar-refractivity contribution in [2.45, 2.75) is 33.1 Å². The highest BCUT2D eigenvalue weighted by Crippen LogP contribution is 2.25. The van der Waals surface area contributed by atoms with Crippen molar-refractivity contribution < 1.29 is 4.79 Å². The average molecular weight is 189 g/mol. The zero-order chi connectivity index (χ0) is 10.3. The summed E-state index contributed by atoms with van der Waals surface area (Å²) in [5.41, 5.74) is 4.87. The third-order valence-corrected chi connectivity index (χ3v) is 2.83. The van der Waals surface area contributed by atoms with Gasteiger partial charge >= 0.3 is 0 Å². The van der Waals surface area contributed by atoms with Crippen LogP contribution in [0.3, 0.4) is 0 Å². The number of fused-ring (bicyclic) bond motifs is 1. The number of carbonyl (C=O) groups excluding carboxylic acids is 1. The van der Waals surface area contributed by atoms with Gasteiger partial charge in [-0.2, -0.15) is 0 Å². The topological polar surface area (TPSA) is 22.0 Å². The molecule has 0 aliphatic carbocycles. The van der Waals surface area contributed by atoms with Crippen LogP contribution >= 0.6 is 0 Å². The van der Waals surface area contributed by atoms with Gasteiger partial charge in [0.2, 0.25) is 5.91 Å². The normalized spacial score (nSPS) is 14.6. The summed E-state index contributed by atoms with van der Waals surface area (Å²) in [7, 11) is 0. The van der Waals surface area contributed by atoms with Gasteiger partial charge in [0.15, 0.2) is 0 Å². The maximum atomic E-state index is 11.5. The summed E-state index contributed by atoms with van der Waals surface area (Å²) >= 11 is 0. The molecule has 0 unspecified atom stereocenters. The second-order valence-electron chi connectivity index (χ2n) is 4.12. The Kier molecular flexibility index (Phi) is 2.06. The van der Waals surface area contributed by atoms with Crippen molar-refractivity contribution in [1.82, 2.24) is 4.57 Å². The van der Waals surface area contributed by atoms with Gasteiger partial charge in [0.25, 0.3) is 0 Å². The van der Waals surface area contributed by atoms with E-state index in [0.717, 1.165) is 18.4 Å². The monoisotopic (exact) mass is 189 g/mol. The van der Waals surface area contributed by atoms with Crippen LogP contribution in [-0.4, -0.2) is 10.5 Å². The van der Waals surface area contributed by atoms with E-state index in [4.69, 9.17) is 0 Å². The summed E-state index contributed by atoms with van der Waals surface area (Å²) in [6.07, 6.45) is 4.44. The number of allylic oxidation sites excluding steroid dienone is 1. The molecule has 0 saturated carbocycles. The lowest BCUT2D eigenvalue weighted by Gasteiger charge is -1.99. The van der Waals surface area contributed by atoms with Crippen molar-refractivity contribution in [3.8, 4) is 0 Å². The second-order valence-corrected chi connectivity index (χ2v) is 4.12. The maximum Gasteiger partial charge on any atom is 0.231 e. The fourth-order valence-electron chi connectivity index (χ4n) is 2.08. The number of aromatic nitrogens is 1. The van der Waals surface area contributed by atoms with E-state index >= 15 is 0 Å². The number of carbonyl (C=O) groups is 1. The average Bonchev–Trinajstić information content (AvgIpc) is 2.57. The first-order valence-corrected chi connectivity index (χ1v) is 4.97. The number of nitrogens with zero attached hydrogens (tertiary/aromatic N) is 1. The molecule has 1 aromatic rings. The van der Waals surface area contributed by atoms with Crippen LogP contribution in [0.25, 0.3) is 0 Å². The molecule has 1 aliphatic rings. The first-order chi connectivity index (χ1) is 6.59. The van der Waals surface area contributed by atoms with Crippen LogP contribution < -0.4 is 0 Å². The third kappa shape index (κ3) is 1.31. The SMILES string of the molecule is C=C(C)Cc1cn2c(c1C)CCC2=O. The van der Waals surface area contributed by atoms with Crippen molar-refractivity contribution in [3.63, 3.8) is 0 Å². The Morgan fingerprint density at radius 3 is 2.86 bits per heavy atom. The van der Waals surface area contributed by atoms with Gasteiger partial charge in [-0.3, -0.25) is 9.36 Å². The molecule has 0 saturated heterocycles. The predicted molar refractivity (Wildman–Crippen MR) is 56.6 cm³/mol. The summed E-state index contributed by atoms with van der Waals surface area (Å²) in [6.45, 7) is 8.02. The standard InChI is InChI=1S/C12H15NO/c1-8(2)6-10-7-13-11(9(10)3)4-5-12(13)14/h7H,1,4-6H2,2-3H3. The van der Waals surface area contributed by atoms with E-state index in [-0.39, 0.29) is 5.91 Å². The van der Waals surface area contributed by atoms with Crippen LogP contribution in [0, 0.1) is 6.92 Å². The molecule has 74 valence electrons. The van der Waals surface area contributed by atoms with Gasteiger partial charge in [-0.25, -0.2) is 0 Å². The lowest BCUT2D eigenvalue weighted by atomic mass is 10.0. The van der Waals surface area contributed by atoms with Gasteiger partial charge < -0.3 is 0 Å². The van der Waals surface area contributed by atoms with Gasteiger partial charge in [-0.05, 0) is 37.8 Å². The zero-order valence-corrected chi connectivity index (χ0v) is 8.76. The lowest BCUT2D eigenvalue weighted by molar-refractivity contribution is 0.0924. The Morgan fingerprint density at radius 2 is 2.29 bits per heavy atom. The highest BCUT2D eigenvalue weighted by atomic mass is 16.2. The number of hydrogen-bond acceptors (Lipinski definition) is 1. The maximum absolute atomic E-state index is 11.5. The van der Waals surface area contributed by atoms with Crippen LogP contribution in [-0.2, 0) is 12.8 Å². The minimum Gasteiger partial charge on any atom is -0.291 e. The molecule has 0 spiro atoms. The van der Waals surface area contributed by atoms with Gasteiger partial charge in [0.1, 0.15) is 0 Å². The van der Waals surface area contributed by atoms with Gasteiger partial charge in [-0.1, -0.05) is 12.2 Å². The molecule has 0 amide bonds. The number of hydrogen-bond donors (Lipinski definition) is 0. The third-order valence-electron chi connectivity index (χ3n) is 2.83. The van der Waals surface area contributed by atoms with Crippen molar-refractivity contribution in [2.24, 2.45) is 0 Å². The van der Waals surface area contributed by atoms with Crippen LogP contribution in [0.1, 0.15) is 35.0 Å². The van der Waals surface area contributed by atoms with E-state index in [1.165, 1.54) is 16.8 Å². The van der Waals surface area contributed by atoms with Crippen LogP contribution in [0.2, 0.25) is 0 Å². The van der Waals surface area contributed by atoms with Crippen LogP contribution in [0.5, 0.6) is 0 Å². The summed E-state index contributed by atoms with van der Waals surface area (Å²) < 4.78 is 1.81. The molecule has 0 atom stereocenters. The molecule has 14 heavy (non-hydrogen) atoms. The Balaban J connectivity index is 2.41. The summed E-state index contributed by atoms with van der Waals surface area (Å²) in [5.74, 6) is 0.232. The molecule has 1 aliphatic heterocycles. The minimum absolute atomic E-state index is 0.232. The second kappa shape index (κ2) is 3.12. The fourth-order valence-corrected chi connectivity index (χ4v) is 2.08. The molecule has 0 bridgehead atoms. The first-order valence-electron chi connectivity index (χ1n) is 4.97. The van der Waals surface area contributed by atoms with Gasteiger partial charge in [-0.15, -0.1) is 0 Å². The van der Waals surface area contributed by atoms with E-state index in [9.17, 15) is 4.79 Å². The lowest BCUT2D eigenvalue weighted by Crippen LogP contribution is -2.01. The summed E-state index contributed by atoms with van der Waals surface area (Å²) in [5, 5.41) is 0. The Bertz CT molecular complexity index is 412. The molecule has 2 nitrogen and oxygen atoms in total. The molecule has 1 aromatic heterocycles. The minimum atomic E-state index is 0.232. The first kappa shape index (κ1) is 9.25. The van der Waals surface area contributed by atoms with E-state index in [1.54, 1.807) is 0 Å². The molecule has 0 N–H and O–H groups in total. The van der Waals surface area contributed by atoms with Gasteiger partial charge in [0, 0.05) is 18.3 Å². The smallest absolute Gasteiger partial charge is 0.231 e. The molecule has 2 heterocycles. The molecule has 0 aromatic carbocycles. The van der Waals surface area contributed by atoms with E-state index in [2.05, 4.69) is 13.5 Å². The number of rotatable bonds is 2. The quantitative estimate of drug-likeness (QED) is 0.655. The van der Waals surface area contributed by atoms with E-state index < -0.39 is 0 Å². The van der Waals surface area contributed by atoms with Crippen LogP contribution in [0.4, 0.5) is 0 Å². The highest BCUT2D eigenvalue weighted by molar-refractivity contribution is 5.83. The van der Waals surface area contributed by atoms with E-state index in [0.29, 0.717) is 6.42 Å².